The van der Waals surface area contributed by atoms with E-state index < -0.39 is 0 Å². The Balaban J connectivity index is 2.22. The number of hydrogen-bond donors (Lipinski definition) is 1. The van der Waals surface area contributed by atoms with Gasteiger partial charge < -0.3 is 9.73 Å². The first-order valence-corrected chi connectivity index (χ1v) is 6.58. The number of rotatable bonds is 2. The van der Waals surface area contributed by atoms with E-state index in [1.54, 1.807) is 0 Å². The fourth-order valence-corrected chi connectivity index (χ4v) is 2.98. The average molecular weight is 258 g/mol. The predicted octanol–water partition coefficient (Wildman–Crippen LogP) is 3.11. The average Bonchev–Trinajstić information content (AvgIpc) is 2.76. The Bertz CT molecular complexity index is 632. The third-order valence-electron chi connectivity index (χ3n) is 4.07. The fraction of sp³-hybridized carbons (Fsp3) is 0.400. The molecule has 100 valence electrons. The van der Waals surface area contributed by atoms with Crippen molar-refractivity contribution in [3.8, 4) is 0 Å². The van der Waals surface area contributed by atoms with E-state index >= 15 is 0 Å². The van der Waals surface area contributed by atoms with E-state index in [2.05, 4.69) is 31.1 Å². The minimum Gasteiger partial charge on any atom is -0.460 e. The summed E-state index contributed by atoms with van der Waals surface area (Å²) in [6.07, 6.45) is 0.700. The summed E-state index contributed by atoms with van der Waals surface area (Å²) < 4.78 is 6.01. The third kappa shape index (κ3) is 1.83. The van der Waals surface area contributed by atoms with E-state index in [9.17, 15) is 4.79 Å². The number of carbonyl (C=O) groups is 1. The molecule has 1 aromatic carbocycles. The molecule has 0 aliphatic carbocycles. The molecule has 1 amide bonds. The molecule has 2 heterocycles. The lowest BCUT2D eigenvalue weighted by molar-refractivity contribution is -0.105. The standard InChI is InChI=1S/C15H18N2O2/c1-9-7-17(3)10(2)14-12-6-11(16-8-18)4-5-13(12)19-15(9)14/h4-6,8-10H,7H2,1-3H3,(H,16,18). The second kappa shape index (κ2) is 4.38. The molecule has 19 heavy (non-hydrogen) atoms. The highest BCUT2D eigenvalue weighted by Crippen LogP contribution is 2.41. The zero-order chi connectivity index (χ0) is 13.6. The summed E-state index contributed by atoms with van der Waals surface area (Å²) in [6, 6.07) is 6.12. The van der Waals surface area contributed by atoms with E-state index in [0.717, 1.165) is 29.0 Å². The maximum absolute atomic E-state index is 10.6. The van der Waals surface area contributed by atoms with E-state index in [1.807, 2.05) is 18.2 Å². The molecule has 0 bridgehead atoms. The number of benzene rings is 1. The quantitative estimate of drug-likeness (QED) is 0.842. The van der Waals surface area contributed by atoms with Crippen molar-refractivity contribution in [2.45, 2.75) is 25.8 Å². The van der Waals surface area contributed by atoms with Crippen LogP contribution < -0.4 is 5.32 Å². The van der Waals surface area contributed by atoms with Crippen LogP contribution in [0.15, 0.2) is 22.6 Å². The third-order valence-corrected chi connectivity index (χ3v) is 4.07. The molecule has 1 aliphatic rings. The van der Waals surface area contributed by atoms with Crippen LogP contribution in [0.3, 0.4) is 0 Å². The van der Waals surface area contributed by atoms with Crippen molar-refractivity contribution in [2.24, 2.45) is 0 Å². The fourth-order valence-electron chi connectivity index (χ4n) is 2.98. The van der Waals surface area contributed by atoms with E-state index in [4.69, 9.17) is 4.42 Å². The molecule has 1 N–H and O–H groups in total. The number of likely N-dealkylation sites (N-methyl/N-ethyl adjacent to an activating group) is 1. The zero-order valence-corrected chi connectivity index (χ0v) is 11.4. The smallest absolute Gasteiger partial charge is 0.211 e. The molecular formula is C15H18N2O2. The summed E-state index contributed by atoms with van der Waals surface area (Å²) in [4.78, 5) is 12.9. The van der Waals surface area contributed by atoms with Gasteiger partial charge in [-0.3, -0.25) is 9.69 Å². The molecule has 1 aromatic heterocycles. The number of furan rings is 1. The summed E-state index contributed by atoms with van der Waals surface area (Å²) in [7, 11) is 2.14. The molecule has 0 spiro atoms. The van der Waals surface area contributed by atoms with Gasteiger partial charge in [0.05, 0.1) is 0 Å². The number of hydrogen-bond acceptors (Lipinski definition) is 3. The number of carbonyl (C=O) groups excluding carboxylic acids is 1. The van der Waals surface area contributed by atoms with Crippen molar-refractivity contribution < 1.29 is 9.21 Å². The molecule has 0 saturated carbocycles. The number of nitrogens with zero attached hydrogens (tertiary/aromatic N) is 1. The van der Waals surface area contributed by atoms with Crippen molar-refractivity contribution in [2.75, 3.05) is 18.9 Å². The second-order valence-electron chi connectivity index (χ2n) is 5.37. The monoisotopic (exact) mass is 258 g/mol. The van der Waals surface area contributed by atoms with Crippen LogP contribution in [0.4, 0.5) is 5.69 Å². The Hall–Kier alpha value is -1.81. The lowest BCUT2D eigenvalue weighted by Crippen LogP contribution is -2.31. The first kappa shape index (κ1) is 12.2. The van der Waals surface area contributed by atoms with Gasteiger partial charge in [0.1, 0.15) is 11.3 Å². The van der Waals surface area contributed by atoms with Crippen LogP contribution in [0.1, 0.15) is 37.1 Å². The Morgan fingerprint density at radius 3 is 2.95 bits per heavy atom. The maximum atomic E-state index is 10.6. The SMILES string of the molecule is CC1CN(C)C(C)c2c1oc1ccc(NC=O)cc21. The van der Waals surface area contributed by atoms with Gasteiger partial charge in [0.25, 0.3) is 0 Å². The topological polar surface area (TPSA) is 45.5 Å². The van der Waals surface area contributed by atoms with E-state index in [0.29, 0.717) is 18.4 Å². The zero-order valence-electron chi connectivity index (χ0n) is 11.4. The largest absolute Gasteiger partial charge is 0.460 e. The highest BCUT2D eigenvalue weighted by Gasteiger charge is 2.31. The first-order chi connectivity index (χ1) is 9.11. The molecule has 1 aliphatic heterocycles. The molecule has 2 atom stereocenters. The highest BCUT2D eigenvalue weighted by molar-refractivity contribution is 5.88. The number of anilines is 1. The Morgan fingerprint density at radius 2 is 2.21 bits per heavy atom. The molecule has 2 aromatic rings. The van der Waals surface area contributed by atoms with Crippen molar-refractivity contribution in [3.63, 3.8) is 0 Å². The summed E-state index contributed by atoms with van der Waals surface area (Å²) in [5.41, 5.74) is 2.96. The lowest BCUT2D eigenvalue weighted by Gasteiger charge is -2.32. The van der Waals surface area contributed by atoms with E-state index in [1.165, 1.54) is 5.56 Å². The molecule has 0 fully saturated rings. The van der Waals surface area contributed by atoms with Gasteiger partial charge in [-0.2, -0.15) is 0 Å². The van der Waals surface area contributed by atoms with Gasteiger partial charge in [0.15, 0.2) is 0 Å². The number of fused-ring (bicyclic) bond motifs is 3. The summed E-state index contributed by atoms with van der Waals surface area (Å²) in [6.45, 7) is 5.39. The van der Waals surface area contributed by atoms with Gasteiger partial charge in [-0.25, -0.2) is 0 Å². The number of nitrogens with one attached hydrogen (secondary N) is 1. The highest BCUT2D eigenvalue weighted by atomic mass is 16.3. The molecule has 2 unspecified atom stereocenters. The second-order valence-corrected chi connectivity index (χ2v) is 5.37. The first-order valence-electron chi connectivity index (χ1n) is 6.58. The summed E-state index contributed by atoms with van der Waals surface area (Å²) in [5.74, 6) is 1.48. The molecule has 3 rings (SSSR count). The van der Waals surface area contributed by atoms with Gasteiger partial charge >= 0.3 is 0 Å². The van der Waals surface area contributed by atoms with Gasteiger partial charge in [-0.05, 0) is 32.2 Å². The van der Waals surface area contributed by atoms with Gasteiger partial charge in [0, 0.05) is 35.1 Å². The van der Waals surface area contributed by atoms with Crippen LogP contribution in [0, 0.1) is 0 Å². The normalized spacial score (nSPS) is 23.3. The lowest BCUT2D eigenvalue weighted by atomic mass is 9.92. The van der Waals surface area contributed by atoms with Gasteiger partial charge in [-0.15, -0.1) is 0 Å². The van der Waals surface area contributed by atoms with Crippen LogP contribution >= 0.6 is 0 Å². The van der Waals surface area contributed by atoms with Crippen molar-refractivity contribution in [1.29, 1.82) is 0 Å². The van der Waals surface area contributed by atoms with Crippen molar-refractivity contribution in [1.82, 2.24) is 4.90 Å². The van der Waals surface area contributed by atoms with E-state index in [-0.39, 0.29) is 0 Å². The van der Waals surface area contributed by atoms with Crippen LogP contribution in [0.2, 0.25) is 0 Å². The Kier molecular flexibility index (Phi) is 2.82. The molecular weight excluding hydrogens is 240 g/mol. The van der Waals surface area contributed by atoms with Crippen LogP contribution in [-0.4, -0.2) is 24.9 Å². The van der Waals surface area contributed by atoms with Crippen molar-refractivity contribution >= 4 is 23.1 Å². The molecule has 0 radical (unpaired) electrons. The van der Waals surface area contributed by atoms with Crippen LogP contribution in [0.5, 0.6) is 0 Å². The predicted molar refractivity (Wildman–Crippen MR) is 75.4 cm³/mol. The minimum absolute atomic E-state index is 0.332. The molecule has 4 heteroatoms. The van der Waals surface area contributed by atoms with Gasteiger partial charge in [0.2, 0.25) is 6.41 Å². The Morgan fingerprint density at radius 1 is 1.42 bits per heavy atom. The maximum Gasteiger partial charge on any atom is 0.211 e. The number of amides is 1. The molecule has 4 nitrogen and oxygen atoms in total. The molecule has 0 saturated heterocycles. The van der Waals surface area contributed by atoms with Crippen LogP contribution in [-0.2, 0) is 4.79 Å². The van der Waals surface area contributed by atoms with Gasteiger partial charge in [-0.1, -0.05) is 6.92 Å². The minimum atomic E-state index is 0.332. The van der Waals surface area contributed by atoms with Crippen LogP contribution in [0.25, 0.3) is 11.0 Å². The summed E-state index contributed by atoms with van der Waals surface area (Å²) >= 11 is 0. The van der Waals surface area contributed by atoms with Crippen molar-refractivity contribution in [3.05, 3.63) is 29.5 Å². The Labute approximate surface area is 112 Å². The summed E-state index contributed by atoms with van der Waals surface area (Å²) in [5, 5.41) is 3.80.